The van der Waals surface area contributed by atoms with Gasteiger partial charge in [-0.1, -0.05) is 18.2 Å². The number of aliphatic hydroxyl groups is 2. The minimum absolute atomic E-state index is 0.0796. The van der Waals surface area contributed by atoms with E-state index in [-0.39, 0.29) is 18.2 Å². The molecule has 1 aliphatic rings. The Morgan fingerprint density at radius 3 is 2.42 bits per heavy atom. The summed E-state index contributed by atoms with van der Waals surface area (Å²) in [4.78, 5) is 4.12. The summed E-state index contributed by atoms with van der Waals surface area (Å²) in [6.07, 6.45) is -6.07. The summed E-state index contributed by atoms with van der Waals surface area (Å²) >= 11 is 0. The third-order valence-corrected chi connectivity index (χ3v) is 4.40. The average molecular weight is 346 g/mol. The molecule has 1 aliphatic heterocycles. The molecule has 0 amide bonds. The zero-order valence-electron chi connectivity index (χ0n) is 14.0. The predicted octanol–water partition coefficient (Wildman–Crippen LogP) is 2.13. The van der Waals surface area contributed by atoms with Gasteiger partial charge < -0.3 is 10.2 Å². The third kappa shape index (κ3) is 4.92. The number of hydrogen-bond donors (Lipinski definition) is 2. The van der Waals surface area contributed by atoms with E-state index in [1.54, 1.807) is 6.92 Å². The van der Waals surface area contributed by atoms with E-state index in [2.05, 4.69) is 4.90 Å². The van der Waals surface area contributed by atoms with Gasteiger partial charge in [-0.15, -0.1) is 0 Å². The Kier molecular flexibility index (Phi) is 6.25. The fraction of sp³-hybridized carbons (Fsp3) is 0.647. The van der Waals surface area contributed by atoms with Crippen molar-refractivity contribution >= 4 is 0 Å². The Morgan fingerprint density at radius 1 is 1.17 bits per heavy atom. The molecule has 0 spiro atoms. The molecule has 1 saturated heterocycles. The van der Waals surface area contributed by atoms with E-state index in [1.807, 2.05) is 11.8 Å². The van der Waals surface area contributed by atoms with Crippen LogP contribution in [0.2, 0.25) is 0 Å². The van der Waals surface area contributed by atoms with Gasteiger partial charge in [0.15, 0.2) is 0 Å². The lowest BCUT2D eigenvalue weighted by atomic mass is 10.0. The topological polar surface area (TPSA) is 46.9 Å². The van der Waals surface area contributed by atoms with Crippen LogP contribution in [-0.2, 0) is 6.18 Å². The van der Waals surface area contributed by atoms with Gasteiger partial charge in [0, 0.05) is 38.8 Å². The number of halogens is 3. The Hall–Kier alpha value is -1.15. The van der Waals surface area contributed by atoms with Gasteiger partial charge in [-0.2, -0.15) is 13.2 Å². The molecule has 3 unspecified atom stereocenters. The number of piperazine rings is 1. The van der Waals surface area contributed by atoms with Crippen LogP contribution in [0.25, 0.3) is 0 Å². The van der Waals surface area contributed by atoms with Crippen molar-refractivity contribution in [3.05, 3.63) is 35.4 Å². The van der Waals surface area contributed by atoms with Crippen LogP contribution in [0.5, 0.6) is 0 Å². The first kappa shape index (κ1) is 19.2. The van der Waals surface area contributed by atoms with Gasteiger partial charge in [0.1, 0.15) is 0 Å². The predicted molar refractivity (Wildman–Crippen MR) is 85.6 cm³/mol. The molecule has 3 atom stereocenters. The monoisotopic (exact) mass is 346 g/mol. The van der Waals surface area contributed by atoms with Crippen LogP contribution in [0.3, 0.4) is 0 Å². The highest BCUT2D eigenvalue weighted by Crippen LogP contribution is 2.34. The summed E-state index contributed by atoms with van der Waals surface area (Å²) in [6, 6.07) is 5.35. The van der Waals surface area contributed by atoms with Crippen molar-refractivity contribution in [2.45, 2.75) is 38.3 Å². The Bertz CT molecular complexity index is 537. The largest absolute Gasteiger partial charge is 0.416 e. The Labute approximate surface area is 140 Å². The van der Waals surface area contributed by atoms with E-state index in [1.165, 1.54) is 18.2 Å². The van der Waals surface area contributed by atoms with E-state index < -0.39 is 23.9 Å². The average Bonchev–Trinajstić information content (AvgIpc) is 2.49. The first-order valence-electron chi connectivity index (χ1n) is 8.17. The lowest BCUT2D eigenvalue weighted by Gasteiger charge is -2.41. The van der Waals surface area contributed by atoms with Gasteiger partial charge in [-0.25, -0.2) is 0 Å². The number of aliphatic hydroxyl groups excluding tert-OH is 2. The Balaban J connectivity index is 2.00. The fourth-order valence-electron chi connectivity index (χ4n) is 3.24. The first-order chi connectivity index (χ1) is 11.2. The van der Waals surface area contributed by atoms with Gasteiger partial charge in [-0.05, 0) is 25.5 Å². The summed E-state index contributed by atoms with van der Waals surface area (Å²) < 4.78 is 39.2. The van der Waals surface area contributed by atoms with Crippen molar-refractivity contribution in [2.75, 3.05) is 32.7 Å². The molecule has 7 heteroatoms. The summed E-state index contributed by atoms with van der Waals surface area (Å²) in [5.74, 6) is 0. The molecule has 0 radical (unpaired) electrons. The highest BCUT2D eigenvalue weighted by atomic mass is 19.4. The number of β-amino-alcohol motifs (C(OH)–C–C–N with tert-alkyl or cyclic N) is 2. The van der Waals surface area contributed by atoms with Crippen molar-refractivity contribution in [1.82, 2.24) is 9.80 Å². The summed E-state index contributed by atoms with van der Waals surface area (Å²) in [5, 5.41) is 19.8. The molecule has 0 bridgehead atoms. The van der Waals surface area contributed by atoms with E-state index in [0.717, 1.165) is 12.6 Å². The quantitative estimate of drug-likeness (QED) is 0.857. The molecule has 2 rings (SSSR count). The number of rotatable bonds is 5. The zero-order valence-corrected chi connectivity index (χ0v) is 14.0. The summed E-state index contributed by atoms with van der Waals surface area (Å²) in [7, 11) is 0. The molecule has 0 aliphatic carbocycles. The summed E-state index contributed by atoms with van der Waals surface area (Å²) in [5.41, 5.74) is -0.859. The van der Waals surface area contributed by atoms with Crippen LogP contribution >= 0.6 is 0 Å². The van der Waals surface area contributed by atoms with Crippen LogP contribution < -0.4 is 0 Å². The number of hydrogen-bond acceptors (Lipinski definition) is 4. The van der Waals surface area contributed by atoms with Gasteiger partial charge in [0.05, 0.1) is 17.8 Å². The van der Waals surface area contributed by atoms with Gasteiger partial charge in [0.25, 0.3) is 0 Å². The molecular formula is C17H25F3N2O2. The Morgan fingerprint density at radius 2 is 1.83 bits per heavy atom. The highest BCUT2D eigenvalue weighted by Gasteiger charge is 2.35. The minimum atomic E-state index is -4.47. The maximum Gasteiger partial charge on any atom is 0.416 e. The third-order valence-electron chi connectivity index (χ3n) is 4.40. The molecule has 0 saturated carbocycles. The van der Waals surface area contributed by atoms with Crippen molar-refractivity contribution in [2.24, 2.45) is 0 Å². The fourth-order valence-corrected chi connectivity index (χ4v) is 3.24. The van der Waals surface area contributed by atoms with Crippen molar-refractivity contribution < 1.29 is 23.4 Å². The molecule has 2 N–H and O–H groups in total. The SMILES string of the molecule is CC(O)CN1CCN(CC(O)c2ccccc2C(F)(F)F)CC1C. The molecule has 1 heterocycles. The van der Waals surface area contributed by atoms with Crippen molar-refractivity contribution in [3.63, 3.8) is 0 Å². The van der Waals surface area contributed by atoms with Crippen LogP contribution in [-0.4, -0.2) is 64.9 Å². The van der Waals surface area contributed by atoms with E-state index in [9.17, 15) is 23.4 Å². The molecule has 24 heavy (non-hydrogen) atoms. The second-order valence-corrected chi connectivity index (χ2v) is 6.55. The molecule has 1 fully saturated rings. The molecule has 1 aromatic rings. The molecule has 4 nitrogen and oxygen atoms in total. The van der Waals surface area contributed by atoms with E-state index in [0.29, 0.717) is 19.6 Å². The lowest BCUT2D eigenvalue weighted by Crippen LogP contribution is -2.54. The van der Waals surface area contributed by atoms with Gasteiger partial charge in [0.2, 0.25) is 0 Å². The molecule has 136 valence electrons. The van der Waals surface area contributed by atoms with E-state index >= 15 is 0 Å². The van der Waals surface area contributed by atoms with Crippen LogP contribution in [0.15, 0.2) is 24.3 Å². The maximum atomic E-state index is 13.1. The van der Waals surface area contributed by atoms with Crippen LogP contribution in [0.4, 0.5) is 13.2 Å². The highest BCUT2D eigenvalue weighted by molar-refractivity contribution is 5.31. The first-order valence-corrected chi connectivity index (χ1v) is 8.17. The smallest absolute Gasteiger partial charge is 0.392 e. The molecule has 1 aromatic carbocycles. The minimum Gasteiger partial charge on any atom is -0.392 e. The van der Waals surface area contributed by atoms with Crippen LogP contribution in [0.1, 0.15) is 31.1 Å². The summed E-state index contributed by atoms with van der Waals surface area (Å²) in [6.45, 7) is 6.52. The van der Waals surface area contributed by atoms with E-state index in [4.69, 9.17) is 0 Å². The standard InChI is InChI=1S/C17H25F3N2O2/c1-12-9-21(7-8-22(12)10-13(2)23)11-16(24)14-5-3-4-6-15(14)17(18,19)20/h3-6,12-13,16,23-24H,7-11H2,1-2H3. The lowest BCUT2D eigenvalue weighted by molar-refractivity contribution is -0.139. The maximum absolute atomic E-state index is 13.1. The normalized spacial score (nSPS) is 23.2. The van der Waals surface area contributed by atoms with Crippen molar-refractivity contribution in [3.8, 4) is 0 Å². The second-order valence-electron chi connectivity index (χ2n) is 6.55. The van der Waals surface area contributed by atoms with Gasteiger partial charge in [-0.3, -0.25) is 9.80 Å². The zero-order chi connectivity index (χ0) is 17.9. The molecule has 0 aromatic heterocycles. The van der Waals surface area contributed by atoms with Gasteiger partial charge >= 0.3 is 6.18 Å². The number of benzene rings is 1. The van der Waals surface area contributed by atoms with Crippen LogP contribution in [0, 0.1) is 0 Å². The number of alkyl halides is 3. The molecular weight excluding hydrogens is 321 g/mol. The van der Waals surface area contributed by atoms with Crippen molar-refractivity contribution in [1.29, 1.82) is 0 Å². The number of nitrogens with zero attached hydrogens (tertiary/aromatic N) is 2. The second kappa shape index (κ2) is 7.82.